The molecule has 1 fully saturated rings. The molecule has 1 aromatic heterocycles. The first-order valence-electron chi connectivity index (χ1n) is 8.08. The highest BCUT2D eigenvalue weighted by Gasteiger charge is 2.16. The van der Waals surface area contributed by atoms with Crippen molar-refractivity contribution in [2.75, 3.05) is 6.54 Å². The van der Waals surface area contributed by atoms with Crippen molar-refractivity contribution >= 4 is 5.91 Å². The molecule has 23 heavy (non-hydrogen) atoms. The molecule has 0 saturated heterocycles. The number of nitrogens with zero attached hydrogens (tertiary/aromatic N) is 3. The lowest BCUT2D eigenvalue weighted by molar-refractivity contribution is -0.122. The minimum Gasteiger partial charge on any atom is -0.354 e. The third-order valence-corrected chi connectivity index (χ3v) is 4.31. The molecule has 7 heteroatoms. The fourth-order valence-corrected chi connectivity index (χ4v) is 2.95. The third-order valence-electron chi connectivity index (χ3n) is 4.31. The van der Waals surface area contributed by atoms with E-state index in [0.29, 0.717) is 19.0 Å². The van der Waals surface area contributed by atoms with Gasteiger partial charge in [-0.3, -0.25) is 14.2 Å². The summed E-state index contributed by atoms with van der Waals surface area (Å²) >= 11 is 0. The molecule has 1 saturated carbocycles. The number of rotatable bonds is 5. The summed E-state index contributed by atoms with van der Waals surface area (Å²) in [6.07, 6.45) is 7.06. The summed E-state index contributed by atoms with van der Waals surface area (Å²) in [7, 11) is 0. The highest BCUT2D eigenvalue weighted by Crippen LogP contribution is 2.22. The van der Waals surface area contributed by atoms with E-state index < -0.39 is 11.2 Å². The van der Waals surface area contributed by atoms with Crippen LogP contribution in [0.4, 0.5) is 0 Å². The molecule has 0 radical (unpaired) electrons. The third kappa shape index (κ3) is 4.09. The van der Waals surface area contributed by atoms with Gasteiger partial charge in [0.05, 0.1) is 0 Å². The smallest absolute Gasteiger partial charge is 0.331 e. The van der Waals surface area contributed by atoms with E-state index in [1.54, 1.807) is 13.0 Å². The van der Waals surface area contributed by atoms with E-state index in [9.17, 15) is 14.4 Å². The molecule has 0 aliphatic heterocycles. The van der Waals surface area contributed by atoms with E-state index >= 15 is 0 Å². The second-order valence-electron chi connectivity index (χ2n) is 5.92. The summed E-state index contributed by atoms with van der Waals surface area (Å²) in [6, 6.07) is 1.77. The SMILES string of the molecule is CCn1cc(C#N)c(=O)n(CC(=O)NCC2CCCCC2)c1=O. The zero-order valence-electron chi connectivity index (χ0n) is 13.4. The molecule has 0 unspecified atom stereocenters. The summed E-state index contributed by atoms with van der Waals surface area (Å²) in [5.74, 6) is 0.106. The predicted molar refractivity (Wildman–Crippen MR) is 84.9 cm³/mol. The van der Waals surface area contributed by atoms with Gasteiger partial charge in [0.25, 0.3) is 5.56 Å². The minimum absolute atomic E-state index is 0.133. The molecule has 1 aliphatic rings. The lowest BCUT2D eigenvalue weighted by atomic mass is 9.89. The van der Waals surface area contributed by atoms with Gasteiger partial charge in [-0.15, -0.1) is 0 Å². The van der Waals surface area contributed by atoms with Crippen LogP contribution in [0.15, 0.2) is 15.8 Å². The van der Waals surface area contributed by atoms with Crippen LogP contribution in [0.2, 0.25) is 0 Å². The van der Waals surface area contributed by atoms with Crippen LogP contribution in [-0.4, -0.2) is 21.6 Å². The van der Waals surface area contributed by atoms with Crippen LogP contribution in [-0.2, 0) is 17.9 Å². The molecule has 1 aliphatic carbocycles. The number of amides is 1. The first kappa shape index (κ1) is 17.0. The Morgan fingerprint density at radius 3 is 2.65 bits per heavy atom. The maximum atomic E-state index is 12.2. The predicted octanol–water partition coefficient (Wildman–Crippen LogP) is 0.598. The Balaban J connectivity index is 2.09. The van der Waals surface area contributed by atoms with E-state index in [1.807, 2.05) is 0 Å². The second-order valence-corrected chi connectivity index (χ2v) is 5.92. The number of hydrogen-bond acceptors (Lipinski definition) is 4. The number of carbonyl (C=O) groups excluding carboxylic acids is 1. The number of nitrogens with one attached hydrogen (secondary N) is 1. The van der Waals surface area contributed by atoms with Crippen LogP contribution >= 0.6 is 0 Å². The van der Waals surface area contributed by atoms with Crippen LogP contribution in [0.1, 0.15) is 44.6 Å². The second kappa shape index (κ2) is 7.77. The zero-order chi connectivity index (χ0) is 16.8. The first-order chi connectivity index (χ1) is 11.1. The minimum atomic E-state index is -0.713. The van der Waals surface area contributed by atoms with Gasteiger partial charge in [0, 0.05) is 19.3 Å². The van der Waals surface area contributed by atoms with E-state index in [0.717, 1.165) is 17.4 Å². The van der Waals surface area contributed by atoms with Crippen molar-refractivity contribution < 1.29 is 4.79 Å². The lowest BCUT2D eigenvalue weighted by Gasteiger charge is -2.21. The summed E-state index contributed by atoms with van der Waals surface area (Å²) in [5, 5.41) is 11.8. The van der Waals surface area contributed by atoms with Crippen molar-refractivity contribution in [1.82, 2.24) is 14.5 Å². The average molecular weight is 318 g/mol. The van der Waals surface area contributed by atoms with E-state index in [-0.39, 0.29) is 18.0 Å². The molecule has 0 atom stereocenters. The van der Waals surface area contributed by atoms with Crippen LogP contribution in [0.25, 0.3) is 0 Å². The molecule has 0 spiro atoms. The van der Waals surface area contributed by atoms with Gasteiger partial charge in [-0.05, 0) is 25.7 Å². The van der Waals surface area contributed by atoms with Gasteiger partial charge in [-0.1, -0.05) is 19.3 Å². The summed E-state index contributed by atoms with van der Waals surface area (Å²) < 4.78 is 2.09. The molecule has 1 amide bonds. The van der Waals surface area contributed by atoms with Gasteiger partial charge in [0.2, 0.25) is 5.91 Å². The highest BCUT2D eigenvalue weighted by atomic mass is 16.2. The van der Waals surface area contributed by atoms with E-state index in [2.05, 4.69) is 5.32 Å². The number of carbonyl (C=O) groups is 1. The van der Waals surface area contributed by atoms with E-state index in [1.165, 1.54) is 30.0 Å². The van der Waals surface area contributed by atoms with Crippen molar-refractivity contribution in [3.63, 3.8) is 0 Å². The molecule has 7 nitrogen and oxygen atoms in total. The number of aryl methyl sites for hydroxylation is 1. The molecular formula is C16H22N4O3. The van der Waals surface area contributed by atoms with Crippen molar-refractivity contribution in [2.24, 2.45) is 5.92 Å². The van der Waals surface area contributed by atoms with Gasteiger partial charge in [0.15, 0.2) is 0 Å². The van der Waals surface area contributed by atoms with E-state index in [4.69, 9.17) is 5.26 Å². The lowest BCUT2D eigenvalue weighted by Crippen LogP contribution is -2.45. The van der Waals surface area contributed by atoms with Crippen LogP contribution in [0.3, 0.4) is 0 Å². The van der Waals surface area contributed by atoms with Crippen molar-refractivity contribution in [2.45, 2.75) is 52.1 Å². The molecule has 0 bridgehead atoms. The van der Waals surface area contributed by atoms with Crippen molar-refractivity contribution in [3.05, 3.63) is 32.6 Å². The van der Waals surface area contributed by atoms with Crippen molar-refractivity contribution in [3.8, 4) is 6.07 Å². The monoisotopic (exact) mass is 318 g/mol. The van der Waals surface area contributed by atoms with Gasteiger partial charge < -0.3 is 5.32 Å². The topological polar surface area (TPSA) is 96.9 Å². The Morgan fingerprint density at radius 1 is 1.35 bits per heavy atom. The molecular weight excluding hydrogens is 296 g/mol. The Bertz CT molecular complexity index is 720. The zero-order valence-corrected chi connectivity index (χ0v) is 13.4. The normalized spacial score (nSPS) is 15.1. The Hall–Kier alpha value is -2.36. The van der Waals surface area contributed by atoms with Crippen LogP contribution < -0.4 is 16.6 Å². The quantitative estimate of drug-likeness (QED) is 0.859. The molecule has 1 heterocycles. The number of nitriles is 1. The summed E-state index contributed by atoms with van der Waals surface area (Å²) in [5.41, 5.74) is -1.41. The fourth-order valence-electron chi connectivity index (χ4n) is 2.95. The Kier molecular flexibility index (Phi) is 5.74. The average Bonchev–Trinajstić information content (AvgIpc) is 2.58. The van der Waals surface area contributed by atoms with Crippen molar-refractivity contribution in [1.29, 1.82) is 5.26 Å². The fraction of sp³-hybridized carbons (Fsp3) is 0.625. The Labute approximate surface area is 134 Å². The number of hydrogen-bond donors (Lipinski definition) is 1. The van der Waals surface area contributed by atoms with Crippen LogP contribution in [0.5, 0.6) is 0 Å². The largest absolute Gasteiger partial charge is 0.354 e. The molecule has 1 aromatic rings. The molecule has 0 aromatic carbocycles. The first-order valence-corrected chi connectivity index (χ1v) is 8.08. The maximum Gasteiger partial charge on any atom is 0.331 e. The molecule has 2 rings (SSSR count). The highest BCUT2D eigenvalue weighted by molar-refractivity contribution is 5.75. The standard InChI is InChI=1S/C16H22N4O3/c1-2-19-10-13(8-17)15(22)20(16(19)23)11-14(21)18-9-12-6-4-3-5-7-12/h10,12H,2-7,9,11H2,1H3,(H,18,21). The maximum absolute atomic E-state index is 12.2. The van der Waals surface area contributed by atoms with Crippen LogP contribution in [0, 0.1) is 17.2 Å². The van der Waals surface area contributed by atoms with Gasteiger partial charge >= 0.3 is 5.69 Å². The van der Waals surface area contributed by atoms with Gasteiger partial charge in [0.1, 0.15) is 18.2 Å². The molecule has 1 N–H and O–H groups in total. The summed E-state index contributed by atoms with van der Waals surface area (Å²) in [6.45, 7) is 2.30. The number of aromatic nitrogens is 2. The molecule has 124 valence electrons. The van der Waals surface area contributed by atoms with Gasteiger partial charge in [-0.25, -0.2) is 9.36 Å². The Morgan fingerprint density at radius 2 is 2.04 bits per heavy atom. The summed E-state index contributed by atoms with van der Waals surface area (Å²) in [4.78, 5) is 36.3. The van der Waals surface area contributed by atoms with Gasteiger partial charge in [-0.2, -0.15) is 5.26 Å².